The van der Waals surface area contributed by atoms with Gasteiger partial charge in [0.2, 0.25) is 5.91 Å². The third-order valence-electron chi connectivity index (χ3n) is 2.88. The molecule has 0 aromatic heterocycles. The second-order valence-corrected chi connectivity index (χ2v) is 4.06. The number of hydrogen-bond acceptors (Lipinski definition) is 3. The highest BCUT2D eigenvalue weighted by Crippen LogP contribution is 2.07. The molecule has 0 spiro atoms. The molecule has 1 heterocycles. The molecule has 1 amide bonds. The molecule has 0 radical (unpaired) electrons. The zero-order valence-corrected chi connectivity index (χ0v) is 9.88. The molecular weight excluding hydrogens is 190 g/mol. The second kappa shape index (κ2) is 6.80. The molecule has 1 saturated heterocycles. The lowest BCUT2D eigenvalue weighted by Crippen LogP contribution is -2.43. The van der Waals surface area contributed by atoms with E-state index >= 15 is 0 Å². The summed E-state index contributed by atoms with van der Waals surface area (Å²) in [5.41, 5.74) is 0. The van der Waals surface area contributed by atoms with Crippen LogP contribution in [0, 0.1) is 0 Å². The Kier molecular flexibility index (Phi) is 5.65. The first-order chi connectivity index (χ1) is 7.27. The molecular formula is C11H23N3O. The van der Waals surface area contributed by atoms with Crippen LogP contribution in [-0.2, 0) is 4.79 Å². The summed E-state index contributed by atoms with van der Waals surface area (Å²) in [5.74, 6) is 0.158. The van der Waals surface area contributed by atoms with Crippen molar-refractivity contribution in [2.75, 3.05) is 32.7 Å². The summed E-state index contributed by atoms with van der Waals surface area (Å²) >= 11 is 0. The van der Waals surface area contributed by atoms with Crippen LogP contribution in [0.25, 0.3) is 0 Å². The van der Waals surface area contributed by atoms with Crippen LogP contribution in [0.15, 0.2) is 0 Å². The van der Waals surface area contributed by atoms with Gasteiger partial charge in [0.25, 0.3) is 0 Å². The third kappa shape index (κ3) is 4.18. The zero-order chi connectivity index (χ0) is 11.1. The predicted molar refractivity (Wildman–Crippen MR) is 61.8 cm³/mol. The normalized spacial score (nSPS) is 20.9. The van der Waals surface area contributed by atoms with Gasteiger partial charge in [-0.25, -0.2) is 0 Å². The van der Waals surface area contributed by atoms with Gasteiger partial charge in [0.05, 0.1) is 6.54 Å². The molecule has 0 aliphatic carbocycles. The fraction of sp³-hybridized carbons (Fsp3) is 0.909. The van der Waals surface area contributed by atoms with Gasteiger partial charge >= 0.3 is 0 Å². The molecule has 1 aliphatic heterocycles. The van der Waals surface area contributed by atoms with E-state index in [9.17, 15) is 4.79 Å². The molecule has 0 aromatic rings. The largest absolute Gasteiger partial charge is 0.355 e. The maximum Gasteiger partial charge on any atom is 0.234 e. The standard InChI is InChI=1S/C11H23N3O/c1-3-6-13-11(15)9-14(4-2)10-5-7-12-8-10/h10,12H,3-9H2,1-2H3,(H,13,15). The fourth-order valence-corrected chi connectivity index (χ4v) is 1.95. The summed E-state index contributed by atoms with van der Waals surface area (Å²) in [6.07, 6.45) is 2.16. The van der Waals surface area contributed by atoms with Crippen LogP contribution in [0.3, 0.4) is 0 Å². The summed E-state index contributed by atoms with van der Waals surface area (Å²) in [6, 6.07) is 0.544. The van der Waals surface area contributed by atoms with E-state index in [1.54, 1.807) is 0 Å². The Morgan fingerprint density at radius 3 is 2.87 bits per heavy atom. The quantitative estimate of drug-likeness (QED) is 0.662. The molecule has 1 fully saturated rings. The lowest BCUT2D eigenvalue weighted by atomic mass is 10.2. The van der Waals surface area contributed by atoms with Crippen molar-refractivity contribution in [2.45, 2.75) is 32.7 Å². The molecule has 0 bridgehead atoms. The minimum atomic E-state index is 0.158. The van der Waals surface area contributed by atoms with Crippen molar-refractivity contribution in [1.82, 2.24) is 15.5 Å². The van der Waals surface area contributed by atoms with E-state index in [2.05, 4.69) is 29.4 Å². The SMILES string of the molecule is CCCNC(=O)CN(CC)C1CCNC1. The summed E-state index contributed by atoms with van der Waals surface area (Å²) in [4.78, 5) is 13.8. The molecule has 4 nitrogen and oxygen atoms in total. The maximum absolute atomic E-state index is 11.6. The Labute approximate surface area is 92.4 Å². The first-order valence-corrected chi connectivity index (χ1v) is 5.99. The van der Waals surface area contributed by atoms with Crippen LogP contribution in [0.5, 0.6) is 0 Å². The molecule has 88 valence electrons. The van der Waals surface area contributed by atoms with Crippen molar-refractivity contribution in [1.29, 1.82) is 0 Å². The van der Waals surface area contributed by atoms with Crippen molar-refractivity contribution < 1.29 is 4.79 Å². The smallest absolute Gasteiger partial charge is 0.234 e. The van der Waals surface area contributed by atoms with E-state index < -0.39 is 0 Å². The number of amides is 1. The minimum Gasteiger partial charge on any atom is -0.355 e. The lowest BCUT2D eigenvalue weighted by Gasteiger charge is -2.25. The van der Waals surface area contributed by atoms with Crippen molar-refractivity contribution in [3.63, 3.8) is 0 Å². The Hall–Kier alpha value is -0.610. The second-order valence-electron chi connectivity index (χ2n) is 4.06. The summed E-state index contributed by atoms with van der Waals surface area (Å²) < 4.78 is 0. The van der Waals surface area contributed by atoms with Crippen molar-refractivity contribution in [2.24, 2.45) is 0 Å². The maximum atomic E-state index is 11.6. The molecule has 1 atom stereocenters. The number of nitrogens with zero attached hydrogens (tertiary/aromatic N) is 1. The zero-order valence-electron chi connectivity index (χ0n) is 9.88. The number of likely N-dealkylation sites (N-methyl/N-ethyl adjacent to an activating group) is 1. The van der Waals surface area contributed by atoms with E-state index in [0.29, 0.717) is 12.6 Å². The molecule has 4 heteroatoms. The van der Waals surface area contributed by atoms with Crippen LogP contribution in [0.2, 0.25) is 0 Å². The van der Waals surface area contributed by atoms with E-state index in [0.717, 1.165) is 39.0 Å². The van der Waals surface area contributed by atoms with Gasteiger partial charge in [-0.15, -0.1) is 0 Å². The average molecular weight is 213 g/mol. The first kappa shape index (κ1) is 12.5. The van der Waals surface area contributed by atoms with Gasteiger partial charge in [-0.3, -0.25) is 9.69 Å². The van der Waals surface area contributed by atoms with E-state index in [1.165, 1.54) is 0 Å². The molecule has 1 unspecified atom stereocenters. The average Bonchev–Trinajstić information content (AvgIpc) is 2.76. The summed E-state index contributed by atoms with van der Waals surface area (Å²) in [6.45, 7) is 8.57. The van der Waals surface area contributed by atoms with Crippen LogP contribution >= 0.6 is 0 Å². The molecule has 1 aliphatic rings. The number of carbonyl (C=O) groups excluding carboxylic acids is 1. The van der Waals surface area contributed by atoms with Crippen LogP contribution in [0.4, 0.5) is 0 Å². The number of rotatable bonds is 6. The van der Waals surface area contributed by atoms with Crippen molar-refractivity contribution >= 4 is 5.91 Å². The van der Waals surface area contributed by atoms with Gasteiger partial charge < -0.3 is 10.6 Å². The number of carbonyl (C=O) groups is 1. The molecule has 1 rings (SSSR count). The summed E-state index contributed by atoms with van der Waals surface area (Å²) in [7, 11) is 0. The lowest BCUT2D eigenvalue weighted by molar-refractivity contribution is -0.122. The Balaban J connectivity index is 2.28. The van der Waals surface area contributed by atoms with E-state index in [-0.39, 0.29) is 5.91 Å². The number of hydrogen-bond donors (Lipinski definition) is 2. The fourth-order valence-electron chi connectivity index (χ4n) is 1.95. The highest BCUT2D eigenvalue weighted by molar-refractivity contribution is 5.78. The van der Waals surface area contributed by atoms with Gasteiger partial charge in [-0.1, -0.05) is 13.8 Å². The highest BCUT2D eigenvalue weighted by Gasteiger charge is 2.22. The highest BCUT2D eigenvalue weighted by atomic mass is 16.2. The molecule has 0 aromatic carbocycles. The minimum absolute atomic E-state index is 0.158. The molecule has 15 heavy (non-hydrogen) atoms. The van der Waals surface area contributed by atoms with Crippen LogP contribution < -0.4 is 10.6 Å². The van der Waals surface area contributed by atoms with Crippen LogP contribution in [-0.4, -0.2) is 49.6 Å². The Bertz CT molecular complexity index is 190. The predicted octanol–water partition coefficient (Wildman–Crippen LogP) is 0.196. The monoisotopic (exact) mass is 213 g/mol. The van der Waals surface area contributed by atoms with Gasteiger partial charge in [-0.05, 0) is 25.9 Å². The van der Waals surface area contributed by atoms with Crippen LogP contribution in [0.1, 0.15) is 26.7 Å². The van der Waals surface area contributed by atoms with Gasteiger partial charge in [-0.2, -0.15) is 0 Å². The third-order valence-corrected chi connectivity index (χ3v) is 2.88. The van der Waals surface area contributed by atoms with Gasteiger partial charge in [0, 0.05) is 19.1 Å². The van der Waals surface area contributed by atoms with Crippen molar-refractivity contribution in [3.8, 4) is 0 Å². The molecule has 2 N–H and O–H groups in total. The Morgan fingerprint density at radius 1 is 1.53 bits per heavy atom. The first-order valence-electron chi connectivity index (χ1n) is 5.99. The van der Waals surface area contributed by atoms with Gasteiger partial charge in [0.15, 0.2) is 0 Å². The molecule has 0 saturated carbocycles. The number of nitrogens with one attached hydrogen (secondary N) is 2. The van der Waals surface area contributed by atoms with E-state index in [1.807, 2.05) is 0 Å². The van der Waals surface area contributed by atoms with Gasteiger partial charge in [0.1, 0.15) is 0 Å². The Morgan fingerprint density at radius 2 is 2.33 bits per heavy atom. The van der Waals surface area contributed by atoms with Crippen molar-refractivity contribution in [3.05, 3.63) is 0 Å². The summed E-state index contributed by atoms with van der Waals surface area (Å²) in [5, 5.41) is 6.25. The topological polar surface area (TPSA) is 44.4 Å². The van der Waals surface area contributed by atoms with E-state index in [4.69, 9.17) is 0 Å².